The Kier molecular flexibility index (Phi) is 8.40. The lowest BCUT2D eigenvalue weighted by Crippen LogP contribution is -2.46. The van der Waals surface area contributed by atoms with Crippen LogP contribution in [0.1, 0.15) is 45.2 Å². The van der Waals surface area contributed by atoms with Gasteiger partial charge in [-0.1, -0.05) is 35.9 Å². The fourth-order valence-corrected chi connectivity index (χ4v) is 4.45. The summed E-state index contributed by atoms with van der Waals surface area (Å²) in [6.45, 7) is 10.4. The molecule has 1 heterocycles. The van der Waals surface area contributed by atoms with E-state index in [4.69, 9.17) is 27.9 Å². The normalized spacial score (nSPS) is 19.5. The van der Waals surface area contributed by atoms with Crippen LogP contribution in [0.15, 0.2) is 24.8 Å². The standard InChI is InChI=1S/C20H28Cl2N2O4S/c1-5-9-28-17-11-16(22)15(21)10-14(17)18(23-29(27)20(2,3)4)13-7-6-8-24(12-13)19(25)26/h5,10-11,13,18,23H,1,6-9,12H2,2-4H3,(H,25,26)/t13-,18?,29?/m1/s1. The molecular formula is C20H28Cl2N2O4S. The average Bonchev–Trinajstić information content (AvgIpc) is 2.66. The van der Waals surface area contributed by atoms with Crippen LogP contribution in [0.3, 0.4) is 0 Å². The number of piperidine rings is 1. The molecule has 1 amide bonds. The van der Waals surface area contributed by atoms with Gasteiger partial charge >= 0.3 is 6.09 Å². The highest BCUT2D eigenvalue weighted by Crippen LogP contribution is 2.40. The van der Waals surface area contributed by atoms with Crippen molar-refractivity contribution in [2.24, 2.45) is 5.92 Å². The fourth-order valence-electron chi connectivity index (χ4n) is 3.22. The number of halogens is 2. The van der Waals surface area contributed by atoms with Gasteiger partial charge in [-0.2, -0.15) is 0 Å². The Morgan fingerprint density at radius 1 is 1.45 bits per heavy atom. The number of likely N-dealkylation sites (tertiary alicyclic amines) is 1. The Bertz CT molecular complexity index is 782. The van der Waals surface area contributed by atoms with Gasteiger partial charge in [-0.15, -0.1) is 0 Å². The maximum atomic E-state index is 12.9. The predicted molar refractivity (Wildman–Crippen MR) is 118 cm³/mol. The summed E-state index contributed by atoms with van der Waals surface area (Å²) in [6, 6.07) is 2.92. The fraction of sp³-hybridized carbons (Fsp3) is 0.550. The molecule has 1 aromatic carbocycles. The van der Waals surface area contributed by atoms with Gasteiger partial charge in [-0.05, 0) is 45.6 Å². The molecule has 1 saturated heterocycles. The Hall–Kier alpha value is -1.28. The number of nitrogens with zero attached hydrogens (tertiary/aromatic N) is 1. The monoisotopic (exact) mass is 462 g/mol. The molecule has 2 unspecified atom stereocenters. The van der Waals surface area contributed by atoms with E-state index in [0.717, 1.165) is 12.8 Å². The summed E-state index contributed by atoms with van der Waals surface area (Å²) in [7, 11) is -1.39. The Morgan fingerprint density at radius 2 is 2.10 bits per heavy atom. The van der Waals surface area contributed by atoms with Crippen LogP contribution < -0.4 is 9.46 Å². The third-order valence-electron chi connectivity index (χ3n) is 4.73. The molecule has 162 valence electrons. The number of carbonyl (C=O) groups is 1. The molecule has 0 spiro atoms. The summed E-state index contributed by atoms with van der Waals surface area (Å²) in [5, 5.41) is 10.1. The summed E-state index contributed by atoms with van der Waals surface area (Å²) in [6.07, 6.45) is 2.17. The van der Waals surface area contributed by atoms with Crippen LogP contribution >= 0.6 is 23.2 Å². The molecule has 6 nitrogen and oxygen atoms in total. The van der Waals surface area contributed by atoms with E-state index in [9.17, 15) is 14.1 Å². The van der Waals surface area contributed by atoms with Crippen LogP contribution in [-0.2, 0) is 11.0 Å². The first-order valence-corrected chi connectivity index (χ1v) is 11.3. The molecule has 9 heteroatoms. The van der Waals surface area contributed by atoms with Crippen LogP contribution in [-0.4, -0.2) is 44.8 Å². The summed E-state index contributed by atoms with van der Waals surface area (Å²) in [4.78, 5) is 12.9. The summed E-state index contributed by atoms with van der Waals surface area (Å²) in [5.74, 6) is 0.407. The molecule has 2 N–H and O–H groups in total. The van der Waals surface area contributed by atoms with Gasteiger partial charge in [0, 0.05) is 24.7 Å². The van der Waals surface area contributed by atoms with E-state index >= 15 is 0 Å². The van der Waals surface area contributed by atoms with Gasteiger partial charge in [0.05, 0.1) is 31.8 Å². The second kappa shape index (κ2) is 10.2. The molecule has 1 aromatic rings. The lowest BCUT2D eigenvalue weighted by atomic mass is 9.86. The van der Waals surface area contributed by atoms with Crippen molar-refractivity contribution in [1.82, 2.24) is 9.62 Å². The maximum Gasteiger partial charge on any atom is 0.407 e. The van der Waals surface area contributed by atoms with E-state index in [1.807, 2.05) is 20.8 Å². The lowest BCUT2D eigenvalue weighted by molar-refractivity contribution is 0.112. The number of rotatable bonds is 7. The zero-order chi connectivity index (χ0) is 21.8. The highest BCUT2D eigenvalue weighted by molar-refractivity contribution is 7.84. The summed E-state index contributed by atoms with van der Waals surface area (Å²) >= 11 is 12.5. The number of nitrogens with one attached hydrogen (secondary N) is 1. The third kappa shape index (κ3) is 6.35. The van der Waals surface area contributed by atoms with Gasteiger partial charge in [0.1, 0.15) is 12.4 Å². The van der Waals surface area contributed by atoms with E-state index < -0.39 is 27.9 Å². The number of hydrogen-bond donors (Lipinski definition) is 2. The lowest BCUT2D eigenvalue weighted by Gasteiger charge is -2.37. The molecule has 1 aliphatic heterocycles. The molecule has 2 rings (SSSR count). The van der Waals surface area contributed by atoms with Crippen molar-refractivity contribution in [2.75, 3.05) is 19.7 Å². The Morgan fingerprint density at radius 3 is 2.69 bits per heavy atom. The topological polar surface area (TPSA) is 78.9 Å². The van der Waals surface area contributed by atoms with Crippen LogP contribution in [0, 0.1) is 5.92 Å². The summed E-state index contributed by atoms with van der Waals surface area (Å²) in [5.41, 5.74) is 0.705. The smallest absolute Gasteiger partial charge is 0.407 e. The van der Waals surface area contributed by atoms with Gasteiger partial charge in [0.25, 0.3) is 0 Å². The SMILES string of the molecule is C=CCOc1cc(Cl)c(Cl)cc1C(NS(=O)C(C)(C)C)[C@@H]1CCCN(C(=O)O)C1. The molecule has 0 aromatic heterocycles. The van der Waals surface area contributed by atoms with Gasteiger partial charge in [0.15, 0.2) is 0 Å². The number of carboxylic acid groups (broad SMARTS) is 1. The van der Waals surface area contributed by atoms with E-state index in [1.54, 1.807) is 18.2 Å². The molecular weight excluding hydrogens is 435 g/mol. The van der Waals surface area contributed by atoms with Crippen molar-refractivity contribution in [3.8, 4) is 5.75 Å². The first-order valence-electron chi connectivity index (χ1n) is 9.43. The number of benzene rings is 1. The number of amides is 1. The number of hydrogen-bond acceptors (Lipinski definition) is 3. The minimum atomic E-state index is -1.39. The van der Waals surface area contributed by atoms with E-state index in [0.29, 0.717) is 34.4 Å². The van der Waals surface area contributed by atoms with Gasteiger partial charge < -0.3 is 14.7 Å². The molecule has 1 aliphatic rings. The van der Waals surface area contributed by atoms with Crippen LogP contribution in [0.2, 0.25) is 10.0 Å². The Balaban J connectivity index is 2.49. The predicted octanol–water partition coefficient (Wildman–Crippen LogP) is 5.04. The molecule has 1 fully saturated rings. The van der Waals surface area contributed by atoms with E-state index in [2.05, 4.69) is 11.3 Å². The number of ether oxygens (including phenoxy) is 1. The first kappa shape index (κ1) is 24.0. The molecule has 3 atom stereocenters. The highest BCUT2D eigenvalue weighted by atomic mass is 35.5. The molecule has 0 aliphatic carbocycles. The van der Waals surface area contributed by atoms with Crippen molar-refractivity contribution in [2.45, 2.75) is 44.4 Å². The van der Waals surface area contributed by atoms with Crippen molar-refractivity contribution in [1.29, 1.82) is 0 Å². The zero-order valence-corrected chi connectivity index (χ0v) is 19.2. The molecule has 0 saturated carbocycles. The third-order valence-corrected chi connectivity index (χ3v) is 7.04. The van der Waals surface area contributed by atoms with Crippen molar-refractivity contribution >= 4 is 40.3 Å². The minimum absolute atomic E-state index is 0.102. The minimum Gasteiger partial charge on any atom is -0.489 e. The van der Waals surface area contributed by atoms with Crippen LogP contribution in [0.5, 0.6) is 5.75 Å². The second-order valence-corrected chi connectivity index (χ2v) is 10.8. The maximum absolute atomic E-state index is 12.9. The summed E-state index contributed by atoms with van der Waals surface area (Å²) < 4.78 is 21.5. The molecule has 0 bridgehead atoms. The molecule has 29 heavy (non-hydrogen) atoms. The van der Waals surface area contributed by atoms with E-state index in [1.165, 1.54) is 4.90 Å². The zero-order valence-electron chi connectivity index (χ0n) is 16.9. The highest BCUT2D eigenvalue weighted by Gasteiger charge is 2.35. The molecule has 0 radical (unpaired) electrons. The van der Waals surface area contributed by atoms with Crippen molar-refractivity contribution < 1.29 is 18.8 Å². The second-order valence-electron chi connectivity index (χ2n) is 8.01. The quantitative estimate of drug-likeness (QED) is 0.556. The van der Waals surface area contributed by atoms with Crippen molar-refractivity contribution in [3.63, 3.8) is 0 Å². The average molecular weight is 463 g/mol. The van der Waals surface area contributed by atoms with Gasteiger partial charge in [-0.25, -0.2) is 13.7 Å². The van der Waals surface area contributed by atoms with Crippen LogP contribution in [0.4, 0.5) is 4.79 Å². The van der Waals surface area contributed by atoms with Gasteiger partial charge in [-0.3, -0.25) is 0 Å². The first-order chi connectivity index (χ1) is 13.5. The van der Waals surface area contributed by atoms with Crippen molar-refractivity contribution in [3.05, 3.63) is 40.4 Å². The van der Waals surface area contributed by atoms with E-state index in [-0.39, 0.29) is 12.5 Å². The van der Waals surface area contributed by atoms with Crippen LogP contribution in [0.25, 0.3) is 0 Å². The Labute approximate surface area is 184 Å². The largest absolute Gasteiger partial charge is 0.489 e. The van der Waals surface area contributed by atoms with Gasteiger partial charge in [0.2, 0.25) is 0 Å².